The van der Waals surface area contributed by atoms with Gasteiger partial charge in [-0.2, -0.15) is 0 Å². The van der Waals surface area contributed by atoms with E-state index in [0.29, 0.717) is 17.9 Å². The van der Waals surface area contributed by atoms with Gasteiger partial charge < -0.3 is 9.47 Å². The van der Waals surface area contributed by atoms with E-state index in [0.717, 1.165) is 6.26 Å². The summed E-state index contributed by atoms with van der Waals surface area (Å²) >= 11 is 0. The maximum Gasteiger partial charge on any atom is 0.330 e. The smallest absolute Gasteiger partial charge is 0.330 e. The zero-order chi connectivity index (χ0) is 27.1. The van der Waals surface area contributed by atoms with E-state index < -0.39 is 44.8 Å². The Morgan fingerprint density at radius 3 is 2.43 bits per heavy atom. The number of imidazole rings is 1. The molecule has 1 aromatic carbocycles. The molecular formula is C24H23F3N4O5S. The molecule has 0 saturated carbocycles. The van der Waals surface area contributed by atoms with Gasteiger partial charge in [-0.25, -0.2) is 36.4 Å². The molecule has 0 N–H and O–H groups in total. The molecule has 37 heavy (non-hydrogen) atoms. The predicted octanol–water partition coefficient (Wildman–Crippen LogP) is 3.26. The third-order valence-electron chi connectivity index (χ3n) is 5.71. The molecule has 4 rings (SSSR count). The Hall–Kier alpha value is -3.87. The molecule has 9 nitrogen and oxygen atoms in total. The Kier molecular flexibility index (Phi) is 7.00. The van der Waals surface area contributed by atoms with Crippen LogP contribution in [0.25, 0.3) is 22.3 Å². The SMILES string of the molecule is CCOc1nc(C(CS(C)(=O)=O)n2c(=O)n(C)c3cc(-c4cc(F)c(F)cc4F)cnc32)ccc1OC. The molecule has 13 heteroatoms. The number of hydrogen-bond donors (Lipinski definition) is 0. The van der Waals surface area contributed by atoms with Crippen molar-refractivity contribution in [3.8, 4) is 22.8 Å². The van der Waals surface area contributed by atoms with E-state index in [4.69, 9.17) is 9.47 Å². The van der Waals surface area contributed by atoms with Crippen LogP contribution < -0.4 is 15.2 Å². The largest absolute Gasteiger partial charge is 0.491 e. The van der Waals surface area contributed by atoms with Gasteiger partial charge in [0.1, 0.15) is 15.7 Å². The van der Waals surface area contributed by atoms with Gasteiger partial charge in [-0.3, -0.25) is 9.13 Å². The van der Waals surface area contributed by atoms with Crippen LogP contribution in [-0.2, 0) is 16.9 Å². The molecule has 4 aromatic rings. The Bertz CT molecular complexity index is 1670. The van der Waals surface area contributed by atoms with Crippen molar-refractivity contribution < 1.29 is 31.1 Å². The summed E-state index contributed by atoms with van der Waals surface area (Å²) in [5, 5.41) is 0. The number of nitrogens with zero attached hydrogens (tertiary/aromatic N) is 4. The van der Waals surface area contributed by atoms with Crippen LogP contribution in [0.4, 0.5) is 13.2 Å². The first kappa shape index (κ1) is 26.2. The van der Waals surface area contributed by atoms with E-state index >= 15 is 0 Å². The minimum atomic E-state index is -3.64. The summed E-state index contributed by atoms with van der Waals surface area (Å²) in [7, 11) is -0.778. The highest BCUT2D eigenvalue weighted by Crippen LogP contribution is 2.31. The molecule has 196 valence electrons. The average molecular weight is 537 g/mol. The number of hydrogen-bond acceptors (Lipinski definition) is 7. The minimum absolute atomic E-state index is 0.0865. The molecule has 0 spiro atoms. The first-order valence-electron chi connectivity index (χ1n) is 11.0. The lowest BCUT2D eigenvalue weighted by molar-refractivity contribution is 0.296. The molecule has 0 aliphatic carbocycles. The van der Waals surface area contributed by atoms with Crippen LogP contribution in [0.1, 0.15) is 18.7 Å². The van der Waals surface area contributed by atoms with Crippen molar-refractivity contribution in [2.24, 2.45) is 7.05 Å². The van der Waals surface area contributed by atoms with Crippen molar-refractivity contribution in [3.05, 3.63) is 70.2 Å². The van der Waals surface area contributed by atoms with Crippen LogP contribution in [-0.4, -0.2) is 53.2 Å². The number of pyridine rings is 2. The van der Waals surface area contributed by atoms with Crippen LogP contribution in [0.3, 0.4) is 0 Å². The van der Waals surface area contributed by atoms with E-state index in [-0.39, 0.29) is 40.5 Å². The number of fused-ring (bicyclic) bond motifs is 1. The summed E-state index contributed by atoms with van der Waals surface area (Å²) in [4.78, 5) is 22.1. The van der Waals surface area contributed by atoms with E-state index in [2.05, 4.69) is 9.97 Å². The number of rotatable bonds is 8. The van der Waals surface area contributed by atoms with Crippen molar-refractivity contribution in [2.45, 2.75) is 13.0 Å². The van der Waals surface area contributed by atoms with Gasteiger partial charge in [-0.15, -0.1) is 0 Å². The highest BCUT2D eigenvalue weighted by Gasteiger charge is 2.28. The third-order valence-corrected chi connectivity index (χ3v) is 6.63. The van der Waals surface area contributed by atoms with Crippen LogP contribution in [0, 0.1) is 17.5 Å². The van der Waals surface area contributed by atoms with Crippen molar-refractivity contribution in [2.75, 3.05) is 25.7 Å². The molecule has 3 aromatic heterocycles. The molecule has 0 amide bonds. The number of aryl methyl sites for hydroxylation is 1. The fourth-order valence-electron chi connectivity index (χ4n) is 4.01. The van der Waals surface area contributed by atoms with Gasteiger partial charge in [0.15, 0.2) is 23.0 Å². The predicted molar refractivity (Wildman–Crippen MR) is 130 cm³/mol. The molecular weight excluding hydrogens is 513 g/mol. The lowest BCUT2D eigenvalue weighted by Crippen LogP contribution is -2.31. The lowest BCUT2D eigenvalue weighted by atomic mass is 10.1. The maximum atomic E-state index is 14.4. The van der Waals surface area contributed by atoms with E-state index in [9.17, 15) is 26.4 Å². The van der Waals surface area contributed by atoms with Crippen molar-refractivity contribution in [1.82, 2.24) is 19.1 Å². The van der Waals surface area contributed by atoms with E-state index in [1.54, 1.807) is 13.0 Å². The first-order chi connectivity index (χ1) is 17.4. The summed E-state index contributed by atoms with van der Waals surface area (Å²) in [6.07, 6.45) is 2.22. The molecule has 0 bridgehead atoms. The molecule has 1 unspecified atom stereocenters. The molecule has 0 aliphatic rings. The maximum absolute atomic E-state index is 14.4. The molecule has 1 atom stereocenters. The molecule has 0 fully saturated rings. The Morgan fingerprint density at radius 1 is 1.08 bits per heavy atom. The highest BCUT2D eigenvalue weighted by molar-refractivity contribution is 7.90. The van der Waals surface area contributed by atoms with Gasteiger partial charge in [-0.05, 0) is 31.2 Å². The number of halogens is 3. The number of ether oxygens (including phenoxy) is 2. The monoisotopic (exact) mass is 536 g/mol. The van der Waals surface area contributed by atoms with Crippen LogP contribution in [0.15, 0.2) is 41.3 Å². The Morgan fingerprint density at radius 2 is 1.78 bits per heavy atom. The standard InChI is InChI=1S/C24H23F3N4O5S/c1-5-36-23-21(35-3)7-6-18(29-23)20(12-37(4,33)34)31-22-19(30(2)24(31)32)8-13(11-28-22)14-9-16(26)17(27)10-15(14)25/h6-11,20H,5,12H2,1-4H3. The number of methoxy groups -OCH3 is 1. The van der Waals surface area contributed by atoms with Crippen molar-refractivity contribution in [1.29, 1.82) is 0 Å². The molecule has 3 heterocycles. The second-order valence-corrected chi connectivity index (χ2v) is 10.5. The summed E-state index contributed by atoms with van der Waals surface area (Å²) in [6, 6.07) is 4.48. The molecule has 0 aliphatic heterocycles. The summed E-state index contributed by atoms with van der Waals surface area (Å²) in [6.45, 7) is 2.01. The number of aromatic nitrogens is 4. The van der Waals surface area contributed by atoms with Gasteiger partial charge in [0.05, 0.1) is 36.7 Å². The van der Waals surface area contributed by atoms with Crippen LogP contribution in [0.2, 0.25) is 0 Å². The van der Waals surface area contributed by atoms with Crippen molar-refractivity contribution in [3.63, 3.8) is 0 Å². The molecule has 0 saturated heterocycles. The minimum Gasteiger partial charge on any atom is -0.491 e. The first-order valence-corrected chi connectivity index (χ1v) is 13.1. The summed E-state index contributed by atoms with van der Waals surface area (Å²) in [5.74, 6) is -3.63. The van der Waals surface area contributed by atoms with Gasteiger partial charge in [0.25, 0.3) is 5.88 Å². The lowest BCUT2D eigenvalue weighted by Gasteiger charge is -2.19. The van der Waals surface area contributed by atoms with Crippen LogP contribution in [0.5, 0.6) is 11.6 Å². The van der Waals surface area contributed by atoms with Gasteiger partial charge in [-0.1, -0.05) is 0 Å². The fraction of sp³-hybridized carbons (Fsp3) is 0.292. The normalized spacial score (nSPS) is 12.6. The fourth-order valence-corrected chi connectivity index (χ4v) is 4.90. The number of sulfone groups is 1. The quantitative estimate of drug-likeness (QED) is 0.318. The van der Waals surface area contributed by atoms with E-state index in [1.165, 1.54) is 41.6 Å². The van der Waals surface area contributed by atoms with Gasteiger partial charge in [0, 0.05) is 36.7 Å². The topological polar surface area (TPSA) is 105 Å². The number of benzene rings is 1. The van der Waals surface area contributed by atoms with Gasteiger partial charge in [0.2, 0.25) is 0 Å². The second kappa shape index (κ2) is 9.88. The zero-order valence-electron chi connectivity index (χ0n) is 20.3. The summed E-state index contributed by atoms with van der Waals surface area (Å²) < 4.78 is 79.5. The average Bonchev–Trinajstić information content (AvgIpc) is 3.09. The molecule has 0 radical (unpaired) electrons. The van der Waals surface area contributed by atoms with Gasteiger partial charge >= 0.3 is 5.69 Å². The van der Waals surface area contributed by atoms with E-state index in [1.807, 2.05) is 0 Å². The Balaban J connectivity index is 1.94. The van der Waals surface area contributed by atoms with Crippen LogP contribution >= 0.6 is 0 Å². The van der Waals surface area contributed by atoms with Crippen molar-refractivity contribution >= 4 is 21.0 Å². The summed E-state index contributed by atoms with van der Waals surface area (Å²) in [5.41, 5.74) is -0.263. The second-order valence-electron chi connectivity index (χ2n) is 8.31. The Labute approximate surface area is 210 Å². The highest BCUT2D eigenvalue weighted by atomic mass is 32.2. The zero-order valence-corrected chi connectivity index (χ0v) is 21.1. The third kappa shape index (κ3) is 5.03.